The standard InChI is InChI=1S/C31H31F2N3O4/c1-2-23(20-8-4-3-5-9-20)29(24-13-12-22(19-26(24)32)38-16-17-40-31(34)37)21-11-14-27-25(18-21)30(33)35-36(27)28-10-6-7-15-39-28/h3-5,8-9,11-14,18-19,28H,2,6-7,10,15-17H2,1H3,(H2,34,37)/b29-23-. The number of rotatable bonds is 9. The number of nitrogens with two attached hydrogens (primary N) is 1. The molecule has 4 aromatic rings. The molecule has 0 spiro atoms. The summed E-state index contributed by atoms with van der Waals surface area (Å²) in [6, 6.07) is 19.8. The summed E-state index contributed by atoms with van der Waals surface area (Å²) in [6.07, 6.45) is 2.13. The lowest BCUT2D eigenvalue weighted by Crippen LogP contribution is -2.19. The Labute approximate surface area is 231 Å². The van der Waals surface area contributed by atoms with Crippen LogP contribution in [-0.2, 0) is 9.47 Å². The molecule has 0 radical (unpaired) electrons. The monoisotopic (exact) mass is 547 g/mol. The summed E-state index contributed by atoms with van der Waals surface area (Å²) in [7, 11) is 0. The van der Waals surface area contributed by atoms with Gasteiger partial charge in [0.1, 0.15) is 24.8 Å². The molecule has 208 valence electrons. The third-order valence-electron chi connectivity index (χ3n) is 6.96. The van der Waals surface area contributed by atoms with Crippen molar-refractivity contribution in [2.45, 2.75) is 38.8 Å². The first-order chi connectivity index (χ1) is 19.5. The maximum atomic E-state index is 15.7. The van der Waals surface area contributed by atoms with Crippen molar-refractivity contribution in [3.8, 4) is 5.75 Å². The van der Waals surface area contributed by atoms with E-state index in [0.717, 1.165) is 30.4 Å². The number of aromatic nitrogens is 2. The van der Waals surface area contributed by atoms with E-state index in [2.05, 4.69) is 9.84 Å². The predicted octanol–water partition coefficient (Wildman–Crippen LogP) is 6.86. The van der Waals surface area contributed by atoms with Gasteiger partial charge in [-0.2, -0.15) is 4.39 Å². The number of benzene rings is 3. The van der Waals surface area contributed by atoms with E-state index in [1.54, 1.807) is 22.9 Å². The summed E-state index contributed by atoms with van der Waals surface area (Å²) in [6.45, 7) is 2.60. The molecular weight excluding hydrogens is 516 g/mol. The Morgan fingerprint density at radius 3 is 2.58 bits per heavy atom. The summed E-state index contributed by atoms with van der Waals surface area (Å²) in [4.78, 5) is 10.8. The molecule has 1 unspecified atom stereocenters. The molecule has 1 amide bonds. The number of carbonyl (C=O) groups is 1. The smallest absolute Gasteiger partial charge is 0.404 e. The summed E-state index contributed by atoms with van der Waals surface area (Å²) in [5.41, 5.74) is 9.11. The molecule has 5 rings (SSSR count). The second-order valence-electron chi connectivity index (χ2n) is 9.52. The first-order valence-electron chi connectivity index (χ1n) is 13.4. The molecule has 0 bridgehead atoms. The lowest BCUT2D eigenvalue weighted by Gasteiger charge is -2.23. The molecule has 0 saturated carbocycles. The van der Waals surface area contributed by atoms with E-state index in [4.69, 9.17) is 15.2 Å². The lowest BCUT2D eigenvalue weighted by molar-refractivity contribution is -0.0375. The minimum Gasteiger partial charge on any atom is -0.490 e. The van der Waals surface area contributed by atoms with E-state index in [1.807, 2.05) is 49.4 Å². The van der Waals surface area contributed by atoms with Gasteiger partial charge in [-0.15, -0.1) is 5.10 Å². The first-order valence-corrected chi connectivity index (χ1v) is 13.4. The quantitative estimate of drug-likeness (QED) is 0.183. The summed E-state index contributed by atoms with van der Waals surface area (Å²) in [5, 5.41) is 4.51. The largest absolute Gasteiger partial charge is 0.490 e. The molecule has 0 aliphatic carbocycles. The van der Waals surface area contributed by atoms with Crippen molar-refractivity contribution in [2.75, 3.05) is 19.8 Å². The van der Waals surface area contributed by atoms with Crippen molar-refractivity contribution in [2.24, 2.45) is 5.73 Å². The average molecular weight is 548 g/mol. The minimum atomic E-state index is -0.905. The van der Waals surface area contributed by atoms with E-state index < -0.39 is 17.9 Å². The Morgan fingerprint density at radius 2 is 1.88 bits per heavy atom. The highest BCUT2D eigenvalue weighted by atomic mass is 19.1. The number of ether oxygens (including phenoxy) is 3. The van der Waals surface area contributed by atoms with Crippen LogP contribution >= 0.6 is 0 Å². The molecule has 2 N–H and O–H groups in total. The van der Waals surface area contributed by atoms with Crippen molar-refractivity contribution in [1.29, 1.82) is 0 Å². The fraction of sp³-hybridized carbons (Fsp3) is 0.290. The molecule has 1 aromatic heterocycles. The summed E-state index contributed by atoms with van der Waals surface area (Å²) >= 11 is 0. The molecule has 7 nitrogen and oxygen atoms in total. The van der Waals surface area contributed by atoms with Crippen LogP contribution in [0.15, 0.2) is 66.7 Å². The Balaban J connectivity index is 1.59. The van der Waals surface area contributed by atoms with Gasteiger partial charge in [0.15, 0.2) is 6.23 Å². The number of hydrogen-bond donors (Lipinski definition) is 1. The second kappa shape index (κ2) is 12.3. The SMILES string of the molecule is CC/C(=C(\c1ccc2c(c1)c(F)nn2C1CCCCO1)c1ccc(OCCOC(N)=O)cc1F)c1ccccc1. The van der Waals surface area contributed by atoms with Gasteiger partial charge >= 0.3 is 6.09 Å². The number of fused-ring (bicyclic) bond motifs is 1. The van der Waals surface area contributed by atoms with Gasteiger partial charge in [0, 0.05) is 18.2 Å². The van der Waals surface area contributed by atoms with E-state index in [0.29, 0.717) is 40.6 Å². The molecule has 3 aromatic carbocycles. The van der Waals surface area contributed by atoms with Crippen LogP contribution in [0.25, 0.3) is 22.0 Å². The average Bonchev–Trinajstić information content (AvgIpc) is 3.31. The Bertz CT molecular complexity index is 1530. The Hall–Kier alpha value is -4.24. The van der Waals surface area contributed by atoms with E-state index in [1.165, 1.54) is 6.07 Å². The van der Waals surface area contributed by atoms with Crippen molar-refractivity contribution < 1.29 is 27.8 Å². The highest BCUT2D eigenvalue weighted by Gasteiger charge is 2.23. The van der Waals surface area contributed by atoms with Crippen LogP contribution in [0.2, 0.25) is 0 Å². The summed E-state index contributed by atoms with van der Waals surface area (Å²) in [5.74, 6) is -0.815. The van der Waals surface area contributed by atoms with Gasteiger partial charge in [0.05, 0.1) is 10.9 Å². The van der Waals surface area contributed by atoms with Crippen molar-refractivity contribution >= 4 is 28.1 Å². The van der Waals surface area contributed by atoms with Gasteiger partial charge in [-0.3, -0.25) is 0 Å². The zero-order valence-electron chi connectivity index (χ0n) is 22.2. The molecule has 1 aliphatic rings. The number of nitrogens with zero attached hydrogens (tertiary/aromatic N) is 2. The van der Waals surface area contributed by atoms with E-state index in [9.17, 15) is 4.79 Å². The van der Waals surface area contributed by atoms with Crippen LogP contribution in [0.3, 0.4) is 0 Å². The number of carbonyl (C=O) groups excluding carboxylic acids is 1. The minimum absolute atomic E-state index is 0.0271. The van der Waals surface area contributed by atoms with Gasteiger partial charge in [0.25, 0.3) is 0 Å². The van der Waals surface area contributed by atoms with Gasteiger partial charge in [-0.25, -0.2) is 13.9 Å². The van der Waals surface area contributed by atoms with Gasteiger partial charge in [-0.05, 0) is 72.2 Å². The van der Waals surface area contributed by atoms with Crippen molar-refractivity contribution in [3.05, 3.63) is 95.2 Å². The third-order valence-corrected chi connectivity index (χ3v) is 6.96. The molecule has 1 aliphatic heterocycles. The maximum absolute atomic E-state index is 15.7. The Kier molecular flexibility index (Phi) is 8.40. The van der Waals surface area contributed by atoms with Crippen molar-refractivity contribution in [1.82, 2.24) is 9.78 Å². The van der Waals surface area contributed by atoms with Crippen LogP contribution in [0, 0.1) is 11.8 Å². The summed E-state index contributed by atoms with van der Waals surface area (Å²) < 4.78 is 48.6. The van der Waals surface area contributed by atoms with Gasteiger partial charge in [0.2, 0.25) is 5.95 Å². The van der Waals surface area contributed by atoms with Crippen LogP contribution in [0.1, 0.15) is 55.5 Å². The zero-order chi connectivity index (χ0) is 28.1. The molecule has 40 heavy (non-hydrogen) atoms. The highest BCUT2D eigenvalue weighted by molar-refractivity contribution is 6.00. The first kappa shape index (κ1) is 27.3. The third kappa shape index (κ3) is 5.84. The van der Waals surface area contributed by atoms with Crippen LogP contribution < -0.4 is 10.5 Å². The van der Waals surface area contributed by atoms with Gasteiger partial charge < -0.3 is 19.9 Å². The van der Waals surface area contributed by atoms with Crippen LogP contribution in [-0.4, -0.2) is 35.7 Å². The molecule has 9 heteroatoms. The lowest BCUT2D eigenvalue weighted by atomic mass is 9.87. The number of primary amides is 1. The van der Waals surface area contributed by atoms with Crippen molar-refractivity contribution in [3.63, 3.8) is 0 Å². The van der Waals surface area contributed by atoms with E-state index in [-0.39, 0.29) is 25.2 Å². The maximum Gasteiger partial charge on any atom is 0.404 e. The molecule has 1 saturated heterocycles. The molecular formula is C31H31F2N3O4. The molecule has 2 heterocycles. The second-order valence-corrected chi connectivity index (χ2v) is 9.52. The van der Waals surface area contributed by atoms with Gasteiger partial charge in [-0.1, -0.05) is 43.3 Å². The molecule has 1 atom stereocenters. The Morgan fingerprint density at radius 1 is 1.05 bits per heavy atom. The number of hydrogen-bond acceptors (Lipinski definition) is 5. The van der Waals surface area contributed by atoms with E-state index >= 15 is 8.78 Å². The number of allylic oxidation sites excluding steroid dienone is 1. The predicted molar refractivity (Wildman–Crippen MR) is 149 cm³/mol. The zero-order valence-corrected chi connectivity index (χ0v) is 22.2. The fourth-order valence-electron chi connectivity index (χ4n) is 5.14. The fourth-order valence-corrected chi connectivity index (χ4v) is 5.14. The molecule has 1 fully saturated rings. The topological polar surface area (TPSA) is 88.6 Å². The highest BCUT2D eigenvalue weighted by Crippen LogP contribution is 2.38. The normalized spacial score (nSPS) is 16.0. The van der Waals surface area contributed by atoms with Crippen LogP contribution in [0.4, 0.5) is 13.6 Å². The number of halogens is 2. The number of amides is 1. The van der Waals surface area contributed by atoms with Crippen LogP contribution in [0.5, 0.6) is 5.75 Å².